The van der Waals surface area contributed by atoms with Gasteiger partial charge >= 0.3 is 6.09 Å². The largest absolute Gasteiger partial charge is 0.505 e. The van der Waals surface area contributed by atoms with Crippen LogP contribution in [0.4, 0.5) is 14.9 Å². The summed E-state index contributed by atoms with van der Waals surface area (Å²) in [5.74, 6) is -1.33. The second kappa shape index (κ2) is 8.52. The number of carbonyl (C=O) groups is 1. The Balaban J connectivity index is 2.23. The van der Waals surface area contributed by atoms with Crippen LogP contribution in [0.3, 0.4) is 0 Å². The van der Waals surface area contributed by atoms with E-state index in [1.807, 2.05) is 6.07 Å². The van der Waals surface area contributed by atoms with Crippen LogP contribution in [0.25, 0.3) is 0 Å². The minimum absolute atomic E-state index is 0.134. The van der Waals surface area contributed by atoms with E-state index in [4.69, 9.17) is 10.00 Å². The second-order valence-electron chi connectivity index (χ2n) is 6.77. The molecule has 2 aromatic rings. The van der Waals surface area contributed by atoms with Gasteiger partial charge in [0.25, 0.3) is 0 Å². The molecule has 2 rings (SSSR count). The normalized spacial score (nSPS) is 12.1. The second-order valence-corrected chi connectivity index (χ2v) is 6.77. The molecule has 0 aliphatic rings. The number of phenolic OH excluding ortho intramolecular Hbond substituents is 1. The summed E-state index contributed by atoms with van der Waals surface area (Å²) < 4.78 is 19.3. The number of carbonyl (C=O) groups excluding carboxylic acids is 1. The van der Waals surface area contributed by atoms with Gasteiger partial charge < -0.3 is 14.9 Å². The van der Waals surface area contributed by atoms with Crippen molar-refractivity contribution in [2.75, 3.05) is 11.9 Å². The predicted octanol–water partition coefficient (Wildman–Crippen LogP) is 4.10. The number of aliphatic hydroxyl groups excluding tert-OH is 1. The first-order valence-electron chi connectivity index (χ1n) is 8.34. The number of hydrogen-bond acceptors (Lipinski definition) is 5. The third kappa shape index (κ3) is 5.19. The number of rotatable bonds is 6. The van der Waals surface area contributed by atoms with Crippen molar-refractivity contribution < 1.29 is 24.1 Å². The number of aromatic hydroxyl groups is 1. The maximum absolute atomic E-state index is 13.8. The van der Waals surface area contributed by atoms with Crippen molar-refractivity contribution in [3.63, 3.8) is 0 Å². The number of aliphatic hydroxyl groups is 1. The van der Waals surface area contributed by atoms with E-state index in [1.165, 1.54) is 12.1 Å². The molecule has 0 saturated heterocycles. The highest BCUT2D eigenvalue weighted by atomic mass is 19.1. The van der Waals surface area contributed by atoms with E-state index >= 15 is 0 Å². The van der Waals surface area contributed by atoms with Crippen molar-refractivity contribution in [3.05, 3.63) is 59.4 Å². The third-order valence-electron chi connectivity index (χ3n) is 4.23. The van der Waals surface area contributed by atoms with Crippen molar-refractivity contribution in [3.8, 4) is 11.8 Å². The molecule has 0 unspecified atom stereocenters. The molecule has 0 spiro atoms. The van der Waals surface area contributed by atoms with Crippen LogP contribution in [0.2, 0.25) is 0 Å². The summed E-state index contributed by atoms with van der Waals surface area (Å²) in [5.41, 5.74) is 0.559. The standard InChI is InChI=1S/C20H21FN2O4/c1-20(2,9-10-24)18(14-5-8-17(25)16(21)11-14)27-19(26)23-15-6-3-13(12-22)4-7-15/h3-8,11,18,24-25H,9-10H2,1-2H3,(H,23,26)/t18-/m0/s1. The number of hydrogen-bond donors (Lipinski definition) is 3. The maximum Gasteiger partial charge on any atom is 0.412 e. The van der Waals surface area contributed by atoms with Crippen LogP contribution in [0.1, 0.15) is 37.5 Å². The molecule has 0 heterocycles. The van der Waals surface area contributed by atoms with Gasteiger partial charge in [0.15, 0.2) is 11.6 Å². The summed E-state index contributed by atoms with van der Waals surface area (Å²) in [4.78, 5) is 12.3. The Morgan fingerprint density at radius 1 is 1.30 bits per heavy atom. The van der Waals surface area contributed by atoms with Gasteiger partial charge in [0.05, 0.1) is 11.6 Å². The summed E-state index contributed by atoms with van der Waals surface area (Å²) in [6.07, 6.45) is -1.31. The van der Waals surface area contributed by atoms with Gasteiger partial charge in [-0.3, -0.25) is 5.32 Å². The van der Waals surface area contributed by atoms with Gasteiger partial charge in [0, 0.05) is 17.7 Å². The Morgan fingerprint density at radius 2 is 1.96 bits per heavy atom. The third-order valence-corrected chi connectivity index (χ3v) is 4.23. The first-order chi connectivity index (χ1) is 12.8. The molecule has 0 aromatic heterocycles. The molecule has 3 N–H and O–H groups in total. The highest BCUT2D eigenvalue weighted by Gasteiger charge is 2.34. The molecule has 1 amide bonds. The van der Waals surface area contributed by atoms with Gasteiger partial charge in [0.1, 0.15) is 6.10 Å². The average Bonchev–Trinajstić information content (AvgIpc) is 2.62. The zero-order valence-corrected chi connectivity index (χ0v) is 15.1. The minimum Gasteiger partial charge on any atom is -0.505 e. The number of amides is 1. The molecule has 6 nitrogen and oxygen atoms in total. The van der Waals surface area contributed by atoms with Crippen molar-refractivity contribution >= 4 is 11.8 Å². The molecular weight excluding hydrogens is 351 g/mol. The van der Waals surface area contributed by atoms with Gasteiger partial charge in [-0.05, 0) is 48.4 Å². The fourth-order valence-corrected chi connectivity index (χ4v) is 2.67. The summed E-state index contributed by atoms with van der Waals surface area (Å²) in [5, 5.41) is 30.1. The summed E-state index contributed by atoms with van der Waals surface area (Å²) in [6, 6.07) is 12.0. The van der Waals surface area contributed by atoms with Gasteiger partial charge in [0.2, 0.25) is 0 Å². The van der Waals surface area contributed by atoms with Gasteiger partial charge in [-0.2, -0.15) is 5.26 Å². The van der Waals surface area contributed by atoms with Crippen LogP contribution >= 0.6 is 0 Å². The Labute approximate surface area is 156 Å². The number of halogens is 1. The maximum atomic E-state index is 13.8. The lowest BCUT2D eigenvalue weighted by Gasteiger charge is -2.33. The van der Waals surface area contributed by atoms with Crippen LogP contribution in [-0.4, -0.2) is 22.9 Å². The van der Waals surface area contributed by atoms with Crippen molar-refractivity contribution in [1.82, 2.24) is 0 Å². The first kappa shape index (κ1) is 20.2. The lowest BCUT2D eigenvalue weighted by molar-refractivity contribution is 0.0150. The van der Waals surface area contributed by atoms with Gasteiger partial charge in [-0.1, -0.05) is 19.9 Å². The lowest BCUT2D eigenvalue weighted by atomic mass is 9.80. The Hall–Kier alpha value is -3.11. The first-order valence-corrected chi connectivity index (χ1v) is 8.34. The Morgan fingerprint density at radius 3 is 2.52 bits per heavy atom. The van der Waals surface area contributed by atoms with E-state index in [9.17, 15) is 19.4 Å². The summed E-state index contributed by atoms with van der Waals surface area (Å²) in [6.45, 7) is 3.44. The molecule has 27 heavy (non-hydrogen) atoms. The number of phenols is 1. The molecule has 2 aromatic carbocycles. The number of nitrogens with zero attached hydrogens (tertiary/aromatic N) is 1. The molecule has 0 aliphatic heterocycles. The fourth-order valence-electron chi connectivity index (χ4n) is 2.67. The zero-order chi connectivity index (χ0) is 20.0. The number of anilines is 1. The van der Waals surface area contributed by atoms with Gasteiger partial charge in [-0.25, -0.2) is 9.18 Å². The number of ether oxygens (including phenoxy) is 1. The van der Waals surface area contributed by atoms with Crippen molar-refractivity contribution in [2.45, 2.75) is 26.4 Å². The zero-order valence-electron chi connectivity index (χ0n) is 15.1. The van der Waals surface area contributed by atoms with E-state index in [0.717, 1.165) is 6.07 Å². The molecule has 0 bridgehead atoms. The van der Waals surface area contributed by atoms with E-state index in [1.54, 1.807) is 38.1 Å². The average molecular weight is 372 g/mol. The molecule has 0 aliphatic carbocycles. The highest BCUT2D eigenvalue weighted by Crippen LogP contribution is 2.40. The Kier molecular flexibility index (Phi) is 6.37. The molecule has 0 radical (unpaired) electrons. The molecule has 7 heteroatoms. The van der Waals surface area contributed by atoms with Crippen molar-refractivity contribution in [2.24, 2.45) is 5.41 Å². The number of nitrogens with one attached hydrogen (secondary N) is 1. The van der Waals surface area contributed by atoms with E-state index in [-0.39, 0.29) is 6.61 Å². The van der Waals surface area contributed by atoms with E-state index in [2.05, 4.69) is 5.32 Å². The summed E-state index contributed by atoms with van der Waals surface area (Å²) in [7, 11) is 0. The smallest absolute Gasteiger partial charge is 0.412 e. The van der Waals surface area contributed by atoms with Crippen molar-refractivity contribution in [1.29, 1.82) is 5.26 Å². The molecular formula is C20H21FN2O4. The number of nitriles is 1. The molecule has 142 valence electrons. The molecule has 0 fully saturated rings. The van der Waals surface area contributed by atoms with Gasteiger partial charge in [-0.15, -0.1) is 0 Å². The van der Waals surface area contributed by atoms with Crippen LogP contribution in [-0.2, 0) is 4.74 Å². The lowest BCUT2D eigenvalue weighted by Crippen LogP contribution is -2.29. The SMILES string of the molecule is CC(C)(CCO)[C@@H](OC(=O)Nc1ccc(C#N)cc1)c1ccc(O)c(F)c1. The molecule has 1 atom stereocenters. The van der Waals surface area contributed by atoms with Crippen LogP contribution in [0, 0.1) is 22.6 Å². The predicted molar refractivity (Wildman–Crippen MR) is 97.6 cm³/mol. The van der Waals surface area contributed by atoms with E-state index in [0.29, 0.717) is 23.2 Å². The Bertz CT molecular complexity index is 844. The van der Waals surface area contributed by atoms with Crippen LogP contribution in [0.15, 0.2) is 42.5 Å². The topological polar surface area (TPSA) is 103 Å². The molecule has 0 saturated carbocycles. The van der Waals surface area contributed by atoms with Crippen LogP contribution in [0.5, 0.6) is 5.75 Å². The number of benzene rings is 2. The summed E-state index contributed by atoms with van der Waals surface area (Å²) >= 11 is 0. The minimum atomic E-state index is -0.863. The monoisotopic (exact) mass is 372 g/mol. The van der Waals surface area contributed by atoms with Crippen LogP contribution < -0.4 is 5.32 Å². The quantitative estimate of drug-likeness (QED) is 0.708. The fraction of sp³-hybridized carbons (Fsp3) is 0.300. The van der Waals surface area contributed by atoms with E-state index < -0.39 is 29.2 Å². The highest BCUT2D eigenvalue weighted by molar-refractivity contribution is 5.84.